The van der Waals surface area contributed by atoms with Crippen LogP contribution in [0.3, 0.4) is 0 Å². The van der Waals surface area contributed by atoms with Gasteiger partial charge in [-0.3, -0.25) is 4.79 Å². The Morgan fingerprint density at radius 3 is 2.53 bits per heavy atom. The summed E-state index contributed by atoms with van der Waals surface area (Å²) in [4.78, 5) is 22.8. The SMILES string of the molecule is CCOC(=O)C(F)(F)C(=O)C1=CC(C)C(F)C=C1Br. The van der Waals surface area contributed by atoms with Crippen LogP contribution in [0.2, 0.25) is 0 Å². The van der Waals surface area contributed by atoms with Crippen molar-refractivity contribution in [2.75, 3.05) is 6.61 Å². The quantitative estimate of drug-likeness (QED) is 0.583. The van der Waals surface area contributed by atoms with Crippen molar-refractivity contribution in [3.05, 3.63) is 22.2 Å². The van der Waals surface area contributed by atoms with E-state index >= 15 is 0 Å². The van der Waals surface area contributed by atoms with Crippen molar-refractivity contribution in [1.29, 1.82) is 0 Å². The standard InChI is InChI=1S/C12H12BrF3O3/c1-3-19-11(18)12(15,16)10(17)7-4-6(2)9(14)5-8(7)13/h4-6,9H,3H2,1-2H3. The average Bonchev–Trinajstić information content (AvgIpc) is 2.33. The number of ether oxygens (including phenoxy) is 1. The molecule has 0 spiro atoms. The molecule has 1 aliphatic rings. The highest BCUT2D eigenvalue weighted by molar-refractivity contribution is 9.12. The van der Waals surface area contributed by atoms with Crippen LogP contribution in [0, 0.1) is 5.92 Å². The third-order valence-corrected chi connectivity index (χ3v) is 3.25. The minimum atomic E-state index is -4.28. The molecule has 0 aromatic rings. The van der Waals surface area contributed by atoms with Gasteiger partial charge >= 0.3 is 11.9 Å². The number of alkyl halides is 3. The van der Waals surface area contributed by atoms with Crippen molar-refractivity contribution < 1.29 is 27.5 Å². The molecule has 0 N–H and O–H groups in total. The molecule has 0 heterocycles. The van der Waals surface area contributed by atoms with Gasteiger partial charge in [0.05, 0.1) is 6.61 Å². The average molecular weight is 341 g/mol. The summed E-state index contributed by atoms with van der Waals surface area (Å²) in [5, 5.41) is 0. The van der Waals surface area contributed by atoms with Crippen LogP contribution < -0.4 is 0 Å². The second-order valence-corrected chi connectivity index (χ2v) is 4.88. The van der Waals surface area contributed by atoms with Gasteiger partial charge in [0, 0.05) is 16.0 Å². The number of esters is 1. The van der Waals surface area contributed by atoms with Crippen molar-refractivity contribution in [3.63, 3.8) is 0 Å². The highest BCUT2D eigenvalue weighted by Gasteiger charge is 2.50. The van der Waals surface area contributed by atoms with Gasteiger partial charge in [-0.1, -0.05) is 28.9 Å². The van der Waals surface area contributed by atoms with Crippen LogP contribution in [0.25, 0.3) is 0 Å². The maximum atomic E-state index is 13.6. The zero-order chi connectivity index (χ0) is 14.8. The van der Waals surface area contributed by atoms with Gasteiger partial charge in [-0.05, 0) is 13.0 Å². The van der Waals surface area contributed by atoms with Crippen molar-refractivity contribution in [2.45, 2.75) is 25.9 Å². The number of halogens is 4. The van der Waals surface area contributed by atoms with Crippen LogP contribution in [-0.4, -0.2) is 30.5 Å². The summed E-state index contributed by atoms with van der Waals surface area (Å²) in [5.41, 5.74) is -0.417. The van der Waals surface area contributed by atoms with E-state index in [1.165, 1.54) is 13.8 Å². The van der Waals surface area contributed by atoms with E-state index in [-0.39, 0.29) is 11.1 Å². The Bertz CT molecular complexity index is 457. The lowest BCUT2D eigenvalue weighted by Crippen LogP contribution is -2.41. The fraction of sp³-hybridized carbons (Fsp3) is 0.500. The first kappa shape index (κ1) is 15.9. The maximum Gasteiger partial charge on any atom is 0.404 e. The molecular weight excluding hydrogens is 329 g/mol. The molecule has 0 aromatic heterocycles. The predicted octanol–water partition coefficient (Wildman–Crippen LogP) is 2.95. The first-order chi connectivity index (χ1) is 8.71. The third kappa shape index (κ3) is 3.26. The Hall–Kier alpha value is -1.11. The number of ketones is 1. The highest BCUT2D eigenvalue weighted by Crippen LogP contribution is 2.33. The second kappa shape index (κ2) is 5.90. The summed E-state index contributed by atoms with van der Waals surface area (Å²) in [6, 6.07) is 0. The number of Topliss-reactive ketones (excluding diaryl/α,β-unsaturated/α-hetero) is 1. The Morgan fingerprint density at radius 1 is 1.42 bits per heavy atom. The molecule has 0 aliphatic heterocycles. The molecule has 0 bridgehead atoms. The number of carbonyl (C=O) groups is 2. The number of carbonyl (C=O) groups excluding carboxylic acids is 2. The van der Waals surface area contributed by atoms with Crippen LogP contribution in [0.5, 0.6) is 0 Å². The molecule has 0 saturated carbocycles. The monoisotopic (exact) mass is 340 g/mol. The minimum Gasteiger partial charge on any atom is -0.461 e. The molecule has 0 aromatic carbocycles. The summed E-state index contributed by atoms with van der Waals surface area (Å²) in [6.45, 7) is 2.53. The lowest BCUT2D eigenvalue weighted by molar-refractivity contribution is -0.174. The third-order valence-electron chi connectivity index (χ3n) is 2.56. The molecule has 106 valence electrons. The van der Waals surface area contributed by atoms with Gasteiger partial charge in [-0.25, -0.2) is 9.18 Å². The van der Waals surface area contributed by atoms with Crippen LogP contribution in [0.1, 0.15) is 13.8 Å². The fourth-order valence-corrected chi connectivity index (χ4v) is 2.05. The molecule has 3 nitrogen and oxygen atoms in total. The Balaban J connectivity index is 3.04. The second-order valence-electron chi connectivity index (χ2n) is 4.02. The molecule has 0 radical (unpaired) electrons. The lowest BCUT2D eigenvalue weighted by Gasteiger charge is -2.21. The predicted molar refractivity (Wildman–Crippen MR) is 65.7 cm³/mol. The summed E-state index contributed by atoms with van der Waals surface area (Å²) >= 11 is 2.85. The first-order valence-corrected chi connectivity index (χ1v) is 6.34. The van der Waals surface area contributed by atoms with Gasteiger partial charge in [0.25, 0.3) is 0 Å². The smallest absolute Gasteiger partial charge is 0.404 e. The van der Waals surface area contributed by atoms with Crippen LogP contribution in [0.15, 0.2) is 22.2 Å². The summed E-state index contributed by atoms with van der Waals surface area (Å²) in [5.74, 6) is -8.61. The largest absolute Gasteiger partial charge is 0.461 e. The van der Waals surface area contributed by atoms with Crippen molar-refractivity contribution in [1.82, 2.24) is 0 Å². The van der Waals surface area contributed by atoms with Crippen molar-refractivity contribution >= 4 is 27.7 Å². The molecule has 0 amide bonds. The van der Waals surface area contributed by atoms with Crippen LogP contribution in [-0.2, 0) is 14.3 Å². The fourth-order valence-electron chi connectivity index (χ4n) is 1.48. The Kier molecular flexibility index (Phi) is 4.95. The summed E-state index contributed by atoms with van der Waals surface area (Å²) in [6.07, 6.45) is 0.714. The van der Waals surface area contributed by atoms with Gasteiger partial charge in [0.2, 0.25) is 5.78 Å². The first-order valence-electron chi connectivity index (χ1n) is 5.55. The van der Waals surface area contributed by atoms with E-state index in [4.69, 9.17) is 0 Å². The van der Waals surface area contributed by atoms with E-state index in [0.717, 1.165) is 12.2 Å². The maximum absolute atomic E-state index is 13.6. The molecule has 1 aliphatic carbocycles. The Labute approximate surface area is 116 Å². The number of hydrogen-bond donors (Lipinski definition) is 0. The summed E-state index contributed by atoms with van der Waals surface area (Å²) < 4.78 is 44.5. The minimum absolute atomic E-state index is 0.0907. The van der Waals surface area contributed by atoms with Crippen molar-refractivity contribution in [3.8, 4) is 0 Å². The zero-order valence-electron chi connectivity index (χ0n) is 10.3. The molecule has 2 atom stereocenters. The van der Waals surface area contributed by atoms with Crippen molar-refractivity contribution in [2.24, 2.45) is 5.92 Å². The highest BCUT2D eigenvalue weighted by atomic mass is 79.9. The van der Waals surface area contributed by atoms with Gasteiger partial charge in [0.15, 0.2) is 0 Å². The van der Waals surface area contributed by atoms with E-state index < -0.39 is 35.3 Å². The Morgan fingerprint density at radius 2 is 2.00 bits per heavy atom. The van der Waals surface area contributed by atoms with Crippen LogP contribution >= 0.6 is 15.9 Å². The zero-order valence-corrected chi connectivity index (χ0v) is 11.8. The summed E-state index contributed by atoms with van der Waals surface area (Å²) in [7, 11) is 0. The van der Waals surface area contributed by atoms with E-state index in [1.54, 1.807) is 0 Å². The topological polar surface area (TPSA) is 43.4 Å². The number of allylic oxidation sites excluding steroid dienone is 4. The van der Waals surface area contributed by atoms with Gasteiger partial charge < -0.3 is 4.74 Å². The lowest BCUT2D eigenvalue weighted by atomic mass is 9.92. The van der Waals surface area contributed by atoms with E-state index in [9.17, 15) is 22.8 Å². The number of hydrogen-bond acceptors (Lipinski definition) is 3. The molecule has 0 fully saturated rings. The molecule has 7 heteroatoms. The van der Waals surface area contributed by atoms with Gasteiger partial charge in [-0.2, -0.15) is 8.78 Å². The van der Waals surface area contributed by atoms with E-state index in [0.29, 0.717) is 0 Å². The normalized spacial score (nSPS) is 23.5. The molecule has 0 saturated heterocycles. The van der Waals surface area contributed by atoms with E-state index in [2.05, 4.69) is 20.7 Å². The number of rotatable bonds is 4. The van der Waals surface area contributed by atoms with E-state index in [1.807, 2.05) is 0 Å². The van der Waals surface area contributed by atoms with Gasteiger partial charge in [-0.15, -0.1) is 0 Å². The molecule has 1 rings (SSSR count). The molecular formula is C12H12BrF3O3. The van der Waals surface area contributed by atoms with Gasteiger partial charge in [0.1, 0.15) is 6.17 Å². The van der Waals surface area contributed by atoms with Crippen LogP contribution in [0.4, 0.5) is 13.2 Å². The molecule has 2 unspecified atom stereocenters. The molecule has 19 heavy (non-hydrogen) atoms.